The van der Waals surface area contributed by atoms with Gasteiger partial charge in [0.15, 0.2) is 0 Å². The number of carbonyl (C=O) groups excluding carboxylic acids is 3. The molecule has 0 saturated carbocycles. The van der Waals surface area contributed by atoms with Crippen LogP contribution < -0.4 is 0 Å². The zero-order valence-corrected chi connectivity index (χ0v) is 10.1. The van der Waals surface area contributed by atoms with Crippen molar-refractivity contribution in [1.29, 1.82) is 0 Å². The minimum absolute atomic E-state index is 0.0204. The Morgan fingerprint density at radius 1 is 1.12 bits per heavy atom. The van der Waals surface area contributed by atoms with Crippen LogP contribution in [-0.4, -0.2) is 36.6 Å². The van der Waals surface area contributed by atoms with E-state index in [1.54, 1.807) is 6.92 Å². The molecule has 0 spiro atoms. The fourth-order valence-corrected chi connectivity index (χ4v) is 1.56. The summed E-state index contributed by atoms with van der Waals surface area (Å²) in [5, 5.41) is 0. The highest BCUT2D eigenvalue weighted by atomic mass is 16.5. The maximum Gasteiger partial charge on any atom is 0.340 e. The van der Waals surface area contributed by atoms with Crippen LogP contribution in [0.1, 0.15) is 38.1 Å². The van der Waals surface area contributed by atoms with E-state index in [-0.39, 0.29) is 17.0 Å². The number of hydrogen-bond donors (Lipinski definition) is 0. The van der Waals surface area contributed by atoms with Crippen LogP contribution in [0.3, 0.4) is 0 Å². The van der Waals surface area contributed by atoms with Gasteiger partial charge in [0.2, 0.25) is 5.91 Å². The van der Waals surface area contributed by atoms with Crippen molar-refractivity contribution in [2.75, 3.05) is 14.2 Å². The molecule has 0 bridgehead atoms. The van der Waals surface area contributed by atoms with E-state index < -0.39 is 11.9 Å². The van der Waals surface area contributed by atoms with Gasteiger partial charge in [-0.1, -0.05) is 0 Å². The standard InChI is InChI=1S/C11H13NO5/c1-6-9(11(15)17-4)8(10(14)16-3)5-12(6)7(2)13/h5H,1-4H3. The average molecular weight is 239 g/mol. The van der Waals surface area contributed by atoms with E-state index in [1.807, 2.05) is 0 Å². The number of methoxy groups -OCH3 is 2. The predicted molar refractivity (Wildman–Crippen MR) is 58.1 cm³/mol. The first-order valence-corrected chi connectivity index (χ1v) is 4.83. The molecule has 0 saturated heterocycles. The van der Waals surface area contributed by atoms with E-state index in [0.717, 1.165) is 0 Å². The zero-order valence-electron chi connectivity index (χ0n) is 10.1. The molecular weight excluding hydrogens is 226 g/mol. The molecule has 0 aliphatic heterocycles. The molecular formula is C11H13NO5. The van der Waals surface area contributed by atoms with Gasteiger partial charge < -0.3 is 9.47 Å². The van der Waals surface area contributed by atoms with Crippen LogP contribution in [0.5, 0.6) is 0 Å². The third-order valence-corrected chi connectivity index (χ3v) is 2.38. The van der Waals surface area contributed by atoms with Crippen LogP contribution in [0.15, 0.2) is 6.20 Å². The summed E-state index contributed by atoms with van der Waals surface area (Å²) >= 11 is 0. The van der Waals surface area contributed by atoms with E-state index >= 15 is 0 Å². The Labute approximate surface area is 98.1 Å². The lowest BCUT2D eigenvalue weighted by atomic mass is 10.1. The number of carbonyl (C=O) groups is 3. The maximum absolute atomic E-state index is 11.6. The lowest BCUT2D eigenvalue weighted by Crippen LogP contribution is -2.11. The molecule has 17 heavy (non-hydrogen) atoms. The summed E-state index contributed by atoms with van der Waals surface area (Å²) in [6.07, 6.45) is 1.27. The Bertz CT molecular complexity index is 486. The van der Waals surface area contributed by atoms with Gasteiger partial charge in [0.05, 0.1) is 25.3 Å². The highest BCUT2D eigenvalue weighted by Gasteiger charge is 2.26. The van der Waals surface area contributed by atoms with Crippen LogP contribution in [0, 0.1) is 6.92 Å². The number of aromatic nitrogens is 1. The highest BCUT2D eigenvalue weighted by Crippen LogP contribution is 2.19. The van der Waals surface area contributed by atoms with Crippen LogP contribution >= 0.6 is 0 Å². The summed E-state index contributed by atoms with van der Waals surface area (Å²) in [7, 11) is 2.40. The van der Waals surface area contributed by atoms with Gasteiger partial charge in [-0.3, -0.25) is 9.36 Å². The molecule has 1 heterocycles. The molecule has 0 radical (unpaired) electrons. The van der Waals surface area contributed by atoms with Crippen molar-refractivity contribution in [2.45, 2.75) is 13.8 Å². The largest absolute Gasteiger partial charge is 0.465 e. The van der Waals surface area contributed by atoms with Crippen molar-refractivity contribution in [1.82, 2.24) is 4.57 Å². The summed E-state index contributed by atoms with van der Waals surface area (Å²) in [6, 6.07) is 0. The van der Waals surface area contributed by atoms with Gasteiger partial charge in [0.1, 0.15) is 0 Å². The second kappa shape index (κ2) is 4.82. The Hall–Kier alpha value is -2.11. The monoisotopic (exact) mass is 239 g/mol. The van der Waals surface area contributed by atoms with Gasteiger partial charge in [-0.2, -0.15) is 0 Å². The molecule has 1 rings (SSSR count). The third-order valence-electron chi connectivity index (χ3n) is 2.38. The van der Waals surface area contributed by atoms with E-state index in [1.165, 1.54) is 31.9 Å². The Morgan fingerprint density at radius 2 is 1.65 bits per heavy atom. The van der Waals surface area contributed by atoms with E-state index in [9.17, 15) is 14.4 Å². The summed E-state index contributed by atoms with van der Waals surface area (Å²) in [6.45, 7) is 2.88. The summed E-state index contributed by atoms with van der Waals surface area (Å²) in [4.78, 5) is 34.4. The Kier molecular flexibility index (Phi) is 3.67. The number of esters is 2. The van der Waals surface area contributed by atoms with Gasteiger partial charge in [-0.05, 0) is 6.92 Å². The highest BCUT2D eigenvalue weighted by molar-refractivity contribution is 6.05. The van der Waals surface area contributed by atoms with Crippen LogP contribution in [0.4, 0.5) is 0 Å². The molecule has 6 heteroatoms. The number of ether oxygens (including phenoxy) is 2. The summed E-state index contributed by atoms with van der Waals surface area (Å²) in [5.41, 5.74) is 0.423. The summed E-state index contributed by atoms with van der Waals surface area (Å²) in [5.74, 6) is -1.67. The van der Waals surface area contributed by atoms with Crippen molar-refractivity contribution in [3.63, 3.8) is 0 Å². The van der Waals surface area contributed by atoms with Gasteiger partial charge in [-0.25, -0.2) is 9.59 Å². The molecule has 1 aromatic heterocycles. The smallest absolute Gasteiger partial charge is 0.340 e. The lowest BCUT2D eigenvalue weighted by Gasteiger charge is -2.02. The quantitative estimate of drug-likeness (QED) is 0.720. The van der Waals surface area contributed by atoms with Crippen molar-refractivity contribution >= 4 is 17.8 Å². The second-order valence-electron chi connectivity index (χ2n) is 3.38. The van der Waals surface area contributed by atoms with E-state index in [2.05, 4.69) is 9.47 Å². The maximum atomic E-state index is 11.6. The van der Waals surface area contributed by atoms with Gasteiger partial charge in [-0.15, -0.1) is 0 Å². The number of rotatable bonds is 2. The van der Waals surface area contributed by atoms with E-state index in [4.69, 9.17) is 0 Å². The normalized spacial score (nSPS) is 9.88. The van der Waals surface area contributed by atoms with Crippen LogP contribution in [0.2, 0.25) is 0 Å². The first kappa shape index (κ1) is 13.0. The second-order valence-corrected chi connectivity index (χ2v) is 3.38. The van der Waals surface area contributed by atoms with Gasteiger partial charge >= 0.3 is 11.9 Å². The minimum Gasteiger partial charge on any atom is -0.465 e. The average Bonchev–Trinajstić information content (AvgIpc) is 2.65. The van der Waals surface area contributed by atoms with Crippen molar-refractivity contribution < 1.29 is 23.9 Å². The fraction of sp³-hybridized carbons (Fsp3) is 0.364. The molecule has 0 aliphatic carbocycles. The Morgan fingerprint density at radius 3 is 2.06 bits per heavy atom. The first-order valence-electron chi connectivity index (χ1n) is 4.83. The molecule has 0 aliphatic rings. The molecule has 0 atom stereocenters. The number of nitrogens with zero attached hydrogens (tertiary/aromatic N) is 1. The predicted octanol–water partition coefficient (Wildman–Crippen LogP) is 1.03. The molecule has 0 aromatic carbocycles. The van der Waals surface area contributed by atoms with Crippen LogP contribution in [-0.2, 0) is 9.47 Å². The SMILES string of the molecule is COC(=O)c1cn(C(C)=O)c(C)c1C(=O)OC. The molecule has 1 aromatic rings. The van der Waals surface area contributed by atoms with Crippen molar-refractivity contribution in [2.24, 2.45) is 0 Å². The molecule has 6 nitrogen and oxygen atoms in total. The van der Waals surface area contributed by atoms with Crippen molar-refractivity contribution in [3.8, 4) is 0 Å². The lowest BCUT2D eigenvalue weighted by molar-refractivity contribution is 0.0556. The molecule has 0 amide bonds. The molecule has 0 N–H and O–H groups in total. The number of hydrogen-bond acceptors (Lipinski definition) is 5. The molecule has 0 unspecified atom stereocenters. The molecule has 92 valence electrons. The van der Waals surface area contributed by atoms with E-state index in [0.29, 0.717) is 5.69 Å². The zero-order chi connectivity index (χ0) is 13.2. The third kappa shape index (κ3) is 2.20. The van der Waals surface area contributed by atoms with Crippen molar-refractivity contribution in [3.05, 3.63) is 23.0 Å². The first-order chi connectivity index (χ1) is 7.93. The Balaban J connectivity index is 3.47. The van der Waals surface area contributed by atoms with Crippen LogP contribution in [0.25, 0.3) is 0 Å². The van der Waals surface area contributed by atoms with Gasteiger partial charge in [0.25, 0.3) is 0 Å². The fourth-order valence-electron chi connectivity index (χ4n) is 1.56. The molecule has 0 fully saturated rings. The van der Waals surface area contributed by atoms with Gasteiger partial charge in [0, 0.05) is 18.8 Å². The minimum atomic E-state index is -0.687. The summed E-state index contributed by atoms with van der Waals surface area (Å²) < 4.78 is 10.3. The topological polar surface area (TPSA) is 74.6 Å².